The average molecular weight is 158 g/mol. The number of hydrogen-bond donors (Lipinski definition) is 0. The summed E-state index contributed by atoms with van der Waals surface area (Å²) in [6, 6.07) is 1.46. The maximum atomic E-state index is 2.43. The topological polar surface area (TPSA) is 0 Å². The first-order valence-electron chi connectivity index (χ1n) is 4.48. The van der Waals surface area contributed by atoms with Crippen LogP contribution in [-0.2, 0) is 0 Å². The fourth-order valence-corrected chi connectivity index (χ4v) is 4.02. The van der Waals surface area contributed by atoms with Crippen molar-refractivity contribution in [2.45, 2.75) is 52.1 Å². The molecule has 0 aliphatic heterocycles. The van der Waals surface area contributed by atoms with Crippen molar-refractivity contribution >= 4 is 9.52 Å². The third-order valence-electron chi connectivity index (χ3n) is 1.89. The van der Waals surface area contributed by atoms with Gasteiger partial charge in [0.15, 0.2) is 0 Å². The maximum Gasteiger partial charge on any atom is 0.0261 e. The predicted molar refractivity (Wildman–Crippen MR) is 52.5 cm³/mol. The second-order valence-electron chi connectivity index (χ2n) is 4.51. The zero-order valence-corrected chi connectivity index (χ0v) is 9.61. The zero-order valence-electron chi connectivity index (χ0n) is 8.20. The fourth-order valence-electron chi connectivity index (χ4n) is 1.88. The van der Waals surface area contributed by atoms with Gasteiger partial charge in [-0.15, -0.1) is 0 Å². The third kappa shape index (κ3) is 5.04. The van der Waals surface area contributed by atoms with Gasteiger partial charge in [-0.2, -0.15) is 0 Å². The molecule has 0 nitrogen and oxygen atoms in total. The highest BCUT2D eigenvalue weighted by Gasteiger charge is 2.17. The largest absolute Gasteiger partial charge is 0.0683 e. The van der Waals surface area contributed by atoms with Gasteiger partial charge in [-0.1, -0.05) is 40.7 Å². The molecule has 0 aromatic heterocycles. The van der Waals surface area contributed by atoms with Gasteiger partial charge in [0.25, 0.3) is 0 Å². The maximum absolute atomic E-state index is 2.43. The van der Waals surface area contributed by atoms with Crippen molar-refractivity contribution in [1.29, 1.82) is 0 Å². The van der Waals surface area contributed by atoms with Gasteiger partial charge in [-0.3, -0.25) is 0 Å². The number of rotatable bonds is 4. The van der Waals surface area contributed by atoms with E-state index >= 15 is 0 Å². The van der Waals surface area contributed by atoms with E-state index in [0.29, 0.717) is 5.04 Å². The lowest BCUT2D eigenvalue weighted by atomic mass is 10.00. The second-order valence-corrected chi connectivity index (χ2v) is 7.93. The summed E-state index contributed by atoms with van der Waals surface area (Å²) >= 11 is 0. The molecule has 10 heavy (non-hydrogen) atoms. The van der Waals surface area contributed by atoms with Gasteiger partial charge < -0.3 is 0 Å². The molecule has 0 N–H and O–H groups in total. The Labute approximate surface area is 68.2 Å². The molecular formula is C9H22Si. The molecule has 0 saturated carbocycles. The summed E-state index contributed by atoms with van der Waals surface area (Å²) in [5.41, 5.74) is 0. The van der Waals surface area contributed by atoms with Gasteiger partial charge in [0.1, 0.15) is 0 Å². The molecule has 0 atom stereocenters. The summed E-state index contributed by atoms with van der Waals surface area (Å²) in [5, 5.41) is 0.711. The molecule has 0 amide bonds. The molecule has 0 unspecified atom stereocenters. The van der Waals surface area contributed by atoms with E-state index in [4.69, 9.17) is 0 Å². The van der Waals surface area contributed by atoms with Crippen LogP contribution >= 0.6 is 0 Å². The summed E-state index contributed by atoms with van der Waals surface area (Å²) in [7, 11) is 0.207. The lowest BCUT2D eigenvalue weighted by Gasteiger charge is -2.25. The van der Waals surface area contributed by atoms with E-state index in [0.717, 1.165) is 5.92 Å². The van der Waals surface area contributed by atoms with Crippen molar-refractivity contribution in [3.8, 4) is 0 Å². The van der Waals surface area contributed by atoms with Crippen molar-refractivity contribution in [1.82, 2.24) is 0 Å². The van der Waals surface area contributed by atoms with E-state index in [9.17, 15) is 0 Å². The zero-order chi connectivity index (χ0) is 8.20. The Morgan fingerprint density at radius 1 is 1.30 bits per heavy atom. The predicted octanol–water partition coefficient (Wildman–Crippen LogP) is 2.84. The highest BCUT2D eigenvalue weighted by Crippen LogP contribution is 2.32. The first-order chi connectivity index (χ1) is 4.48. The van der Waals surface area contributed by atoms with E-state index in [1.807, 2.05) is 0 Å². The normalized spacial score (nSPS) is 13.8. The van der Waals surface area contributed by atoms with Crippen molar-refractivity contribution in [3.05, 3.63) is 0 Å². The summed E-state index contributed by atoms with van der Waals surface area (Å²) < 4.78 is 0. The lowest BCUT2D eigenvalue weighted by Crippen LogP contribution is -2.14. The molecule has 0 radical (unpaired) electrons. The minimum atomic E-state index is 0.207. The lowest BCUT2D eigenvalue weighted by molar-refractivity contribution is 0.481. The van der Waals surface area contributed by atoms with Crippen LogP contribution in [0.4, 0.5) is 0 Å². The Morgan fingerprint density at radius 2 is 1.80 bits per heavy atom. The molecule has 0 heterocycles. The molecule has 0 rings (SSSR count). The van der Waals surface area contributed by atoms with Crippen molar-refractivity contribution < 1.29 is 0 Å². The molecule has 0 saturated heterocycles. The molecule has 0 aliphatic rings. The Bertz CT molecular complexity index is 84.7. The molecule has 0 aromatic carbocycles. The van der Waals surface area contributed by atoms with Crippen molar-refractivity contribution in [3.63, 3.8) is 0 Å². The molecule has 0 fully saturated rings. The molecule has 0 aliphatic carbocycles. The van der Waals surface area contributed by atoms with E-state index in [1.165, 1.54) is 12.5 Å². The standard InChI is InChI=1S/C9H22Si/c1-6-10-9(4,5)7-8(2)3/h8H,6-7,10H2,1-5H3. The molecule has 1 heteroatoms. The highest BCUT2D eigenvalue weighted by atomic mass is 28.2. The van der Waals surface area contributed by atoms with Gasteiger partial charge in [0, 0.05) is 9.52 Å². The minimum Gasteiger partial charge on any atom is -0.0683 e. The van der Waals surface area contributed by atoms with E-state index in [2.05, 4.69) is 34.6 Å². The minimum absolute atomic E-state index is 0.207. The van der Waals surface area contributed by atoms with Crippen LogP contribution in [0.5, 0.6) is 0 Å². The van der Waals surface area contributed by atoms with Crippen LogP contribution in [-0.4, -0.2) is 9.52 Å². The Kier molecular flexibility index (Phi) is 4.26. The first kappa shape index (κ1) is 10.2. The van der Waals surface area contributed by atoms with Crippen LogP contribution in [0.15, 0.2) is 0 Å². The Balaban J connectivity index is 3.63. The van der Waals surface area contributed by atoms with Crippen LogP contribution in [0.1, 0.15) is 41.0 Å². The van der Waals surface area contributed by atoms with Gasteiger partial charge in [-0.25, -0.2) is 0 Å². The fraction of sp³-hybridized carbons (Fsp3) is 1.00. The summed E-state index contributed by atoms with van der Waals surface area (Å²) in [5.74, 6) is 0.883. The van der Waals surface area contributed by atoms with Crippen LogP contribution in [0.3, 0.4) is 0 Å². The van der Waals surface area contributed by atoms with Crippen LogP contribution in [0.2, 0.25) is 11.1 Å². The smallest absolute Gasteiger partial charge is 0.0261 e. The number of hydrogen-bond acceptors (Lipinski definition) is 0. The van der Waals surface area contributed by atoms with Gasteiger partial charge in [-0.05, 0) is 17.4 Å². The second kappa shape index (κ2) is 4.17. The third-order valence-corrected chi connectivity index (χ3v) is 4.03. The van der Waals surface area contributed by atoms with E-state index < -0.39 is 0 Å². The van der Waals surface area contributed by atoms with Gasteiger partial charge in [0.2, 0.25) is 0 Å². The molecule has 0 bridgehead atoms. The average Bonchev–Trinajstić information content (AvgIpc) is 1.59. The van der Waals surface area contributed by atoms with Crippen LogP contribution < -0.4 is 0 Å². The SMILES string of the molecule is CC[SiH2]C(C)(C)CC(C)C. The molecule has 0 aromatic rings. The van der Waals surface area contributed by atoms with E-state index in [-0.39, 0.29) is 9.52 Å². The van der Waals surface area contributed by atoms with E-state index in [1.54, 1.807) is 0 Å². The monoisotopic (exact) mass is 158 g/mol. The quantitative estimate of drug-likeness (QED) is 0.552. The van der Waals surface area contributed by atoms with Crippen LogP contribution in [0, 0.1) is 5.92 Å². The summed E-state index contributed by atoms with van der Waals surface area (Å²) in [6.07, 6.45) is 1.42. The van der Waals surface area contributed by atoms with Crippen LogP contribution in [0.25, 0.3) is 0 Å². The van der Waals surface area contributed by atoms with Gasteiger partial charge >= 0.3 is 0 Å². The summed E-state index contributed by atoms with van der Waals surface area (Å²) in [6.45, 7) is 11.8. The Morgan fingerprint density at radius 3 is 2.10 bits per heavy atom. The molecular weight excluding hydrogens is 136 g/mol. The molecule has 62 valence electrons. The summed E-state index contributed by atoms with van der Waals surface area (Å²) in [4.78, 5) is 0. The van der Waals surface area contributed by atoms with Crippen molar-refractivity contribution in [2.24, 2.45) is 5.92 Å². The van der Waals surface area contributed by atoms with Crippen molar-refractivity contribution in [2.75, 3.05) is 0 Å². The van der Waals surface area contributed by atoms with Gasteiger partial charge in [0.05, 0.1) is 0 Å². The first-order valence-corrected chi connectivity index (χ1v) is 6.18. The molecule has 0 spiro atoms. The Hall–Kier alpha value is 0.217. The highest BCUT2D eigenvalue weighted by molar-refractivity contribution is 6.39.